The number of rotatable bonds is 3. The molecule has 1 saturated heterocycles. The second-order valence-corrected chi connectivity index (χ2v) is 5.83. The number of nitrogens with zero attached hydrogens (tertiary/aromatic N) is 2. The van der Waals surface area contributed by atoms with Gasteiger partial charge in [0.15, 0.2) is 0 Å². The average Bonchev–Trinajstić information content (AvgIpc) is 2.82. The van der Waals surface area contributed by atoms with E-state index in [1.165, 1.54) is 11.3 Å². The molecule has 1 fully saturated rings. The van der Waals surface area contributed by atoms with Gasteiger partial charge in [-0.2, -0.15) is 0 Å². The summed E-state index contributed by atoms with van der Waals surface area (Å²) in [6, 6.07) is 0.496. The molecular weight excluding hydrogens is 264 g/mol. The maximum atomic E-state index is 11.8. The summed E-state index contributed by atoms with van der Waals surface area (Å²) in [5.41, 5.74) is 0.932. The first-order chi connectivity index (χ1) is 9.06. The molecule has 0 spiro atoms. The van der Waals surface area contributed by atoms with Gasteiger partial charge in [0.2, 0.25) is 0 Å². The number of carbonyl (C=O) groups is 1. The van der Waals surface area contributed by atoms with Crippen molar-refractivity contribution in [3.63, 3.8) is 0 Å². The summed E-state index contributed by atoms with van der Waals surface area (Å²) in [6.45, 7) is 2.26. The van der Waals surface area contributed by atoms with Gasteiger partial charge in [-0.15, -0.1) is 0 Å². The highest BCUT2D eigenvalue weighted by molar-refractivity contribution is 7.07. The number of hydrogen-bond acceptors (Lipinski definition) is 4. The molecule has 1 aromatic heterocycles. The first-order valence-corrected chi connectivity index (χ1v) is 7.30. The van der Waals surface area contributed by atoms with Crippen molar-refractivity contribution in [1.82, 2.24) is 20.1 Å². The van der Waals surface area contributed by atoms with Crippen LogP contribution in [0.15, 0.2) is 10.2 Å². The third-order valence-corrected chi connectivity index (χ3v) is 4.02. The summed E-state index contributed by atoms with van der Waals surface area (Å²) in [5.74, 6) is 0. The lowest BCUT2D eigenvalue weighted by Gasteiger charge is -2.34. The molecule has 1 aliphatic heterocycles. The topological polar surface area (TPSA) is 68.4 Å². The number of urea groups is 1. The van der Waals surface area contributed by atoms with E-state index in [1.54, 1.807) is 19.0 Å². The molecule has 1 aromatic rings. The van der Waals surface area contributed by atoms with E-state index in [2.05, 4.69) is 10.3 Å². The predicted molar refractivity (Wildman–Crippen MR) is 75.5 cm³/mol. The average molecular weight is 284 g/mol. The van der Waals surface area contributed by atoms with E-state index in [0.29, 0.717) is 12.6 Å². The zero-order valence-corrected chi connectivity index (χ0v) is 12.1. The number of piperidine rings is 1. The minimum atomic E-state index is -0.0109. The highest BCUT2D eigenvalue weighted by Gasteiger charge is 2.23. The number of amides is 2. The van der Waals surface area contributed by atoms with Crippen molar-refractivity contribution in [3.05, 3.63) is 20.7 Å². The van der Waals surface area contributed by atoms with Crippen LogP contribution in [-0.4, -0.2) is 54.0 Å². The summed E-state index contributed by atoms with van der Waals surface area (Å²) in [7, 11) is 3.55. The van der Waals surface area contributed by atoms with E-state index in [9.17, 15) is 9.59 Å². The van der Waals surface area contributed by atoms with Crippen LogP contribution in [-0.2, 0) is 6.54 Å². The van der Waals surface area contributed by atoms with Gasteiger partial charge in [0.1, 0.15) is 0 Å². The number of carbonyl (C=O) groups excluding carboxylic acids is 1. The van der Waals surface area contributed by atoms with E-state index in [4.69, 9.17) is 0 Å². The maximum Gasteiger partial charge on any atom is 0.319 e. The van der Waals surface area contributed by atoms with Gasteiger partial charge in [-0.05, 0) is 12.8 Å². The third-order valence-electron chi connectivity index (χ3n) is 3.30. The van der Waals surface area contributed by atoms with E-state index in [-0.39, 0.29) is 10.9 Å². The molecule has 0 bridgehead atoms. The van der Waals surface area contributed by atoms with E-state index >= 15 is 0 Å². The molecule has 2 rings (SSSR count). The van der Waals surface area contributed by atoms with E-state index in [1.807, 2.05) is 10.3 Å². The molecule has 0 saturated carbocycles. The number of nitrogens with one attached hydrogen (secondary N) is 2. The molecular formula is C12H20N4O2S. The zero-order valence-electron chi connectivity index (χ0n) is 11.3. The third kappa shape index (κ3) is 3.81. The van der Waals surface area contributed by atoms with Crippen molar-refractivity contribution in [2.45, 2.75) is 25.4 Å². The molecule has 106 valence electrons. The highest BCUT2D eigenvalue weighted by atomic mass is 32.1. The number of thiazole rings is 1. The minimum absolute atomic E-state index is 0.0109. The lowest BCUT2D eigenvalue weighted by atomic mass is 10.1. The Morgan fingerprint density at radius 2 is 2.21 bits per heavy atom. The lowest BCUT2D eigenvalue weighted by Crippen LogP contribution is -2.47. The summed E-state index contributed by atoms with van der Waals surface area (Å²) in [4.78, 5) is 29.1. The molecule has 19 heavy (non-hydrogen) atoms. The Kier molecular flexibility index (Phi) is 4.60. The zero-order chi connectivity index (χ0) is 13.8. The summed E-state index contributed by atoms with van der Waals surface area (Å²) >= 11 is 1.19. The van der Waals surface area contributed by atoms with Crippen molar-refractivity contribution in [3.8, 4) is 0 Å². The van der Waals surface area contributed by atoms with Gasteiger partial charge in [-0.3, -0.25) is 4.79 Å². The lowest BCUT2D eigenvalue weighted by molar-refractivity contribution is 0.152. The molecule has 7 heteroatoms. The van der Waals surface area contributed by atoms with Crippen LogP contribution in [0.4, 0.5) is 4.79 Å². The Labute approximate surface area is 116 Å². The Morgan fingerprint density at radius 3 is 2.74 bits per heavy atom. The van der Waals surface area contributed by atoms with Gasteiger partial charge < -0.3 is 20.1 Å². The van der Waals surface area contributed by atoms with Crippen molar-refractivity contribution in [1.29, 1.82) is 0 Å². The quantitative estimate of drug-likeness (QED) is 0.857. The van der Waals surface area contributed by atoms with Gasteiger partial charge in [-0.1, -0.05) is 11.3 Å². The second-order valence-electron chi connectivity index (χ2n) is 4.99. The maximum absolute atomic E-state index is 11.8. The summed E-state index contributed by atoms with van der Waals surface area (Å²) in [5, 5.41) is 5.27. The number of likely N-dealkylation sites (tertiary alicyclic amines) is 1. The van der Waals surface area contributed by atoms with Gasteiger partial charge >= 0.3 is 10.9 Å². The van der Waals surface area contributed by atoms with Crippen LogP contribution < -0.4 is 10.2 Å². The fourth-order valence-electron chi connectivity index (χ4n) is 2.21. The van der Waals surface area contributed by atoms with Crippen LogP contribution in [0.3, 0.4) is 0 Å². The number of aromatic nitrogens is 1. The van der Waals surface area contributed by atoms with Gasteiger partial charge in [0.25, 0.3) is 0 Å². The van der Waals surface area contributed by atoms with Gasteiger partial charge in [0, 0.05) is 50.8 Å². The molecule has 0 aliphatic carbocycles. The molecule has 0 aromatic carbocycles. The first kappa shape index (κ1) is 14.1. The SMILES string of the molecule is CN(C)C(=O)N1CCC(NCc2csc(=O)[nH]2)CC1. The summed E-state index contributed by atoms with van der Waals surface area (Å²) < 4.78 is 0. The van der Waals surface area contributed by atoms with E-state index < -0.39 is 0 Å². The second kappa shape index (κ2) is 6.21. The van der Waals surface area contributed by atoms with Crippen LogP contribution in [0.5, 0.6) is 0 Å². The summed E-state index contributed by atoms with van der Waals surface area (Å²) in [6.07, 6.45) is 1.90. The molecule has 0 radical (unpaired) electrons. The van der Waals surface area contributed by atoms with E-state index in [0.717, 1.165) is 31.6 Å². The normalized spacial score (nSPS) is 16.6. The fourth-order valence-corrected chi connectivity index (χ4v) is 2.79. The number of H-pyrrole nitrogens is 1. The van der Waals surface area contributed by atoms with Crippen LogP contribution in [0.2, 0.25) is 0 Å². The van der Waals surface area contributed by atoms with Crippen LogP contribution >= 0.6 is 11.3 Å². The minimum Gasteiger partial charge on any atom is -0.331 e. The van der Waals surface area contributed by atoms with Crippen LogP contribution in [0, 0.1) is 0 Å². The van der Waals surface area contributed by atoms with Crippen molar-refractivity contribution in [2.24, 2.45) is 0 Å². The predicted octanol–water partition coefficient (Wildman–Crippen LogP) is 0.672. The smallest absolute Gasteiger partial charge is 0.319 e. The van der Waals surface area contributed by atoms with Crippen molar-refractivity contribution >= 4 is 17.4 Å². The Morgan fingerprint density at radius 1 is 1.53 bits per heavy atom. The fraction of sp³-hybridized carbons (Fsp3) is 0.667. The molecule has 2 heterocycles. The molecule has 2 amide bonds. The van der Waals surface area contributed by atoms with Crippen LogP contribution in [0.1, 0.15) is 18.5 Å². The van der Waals surface area contributed by atoms with Gasteiger partial charge in [-0.25, -0.2) is 4.79 Å². The number of aromatic amines is 1. The van der Waals surface area contributed by atoms with Gasteiger partial charge in [0.05, 0.1) is 0 Å². The highest BCUT2D eigenvalue weighted by Crippen LogP contribution is 2.12. The molecule has 1 aliphatic rings. The molecule has 6 nitrogen and oxygen atoms in total. The van der Waals surface area contributed by atoms with Crippen molar-refractivity contribution in [2.75, 3.05) is 27.2 Å². The first-order valence-electron chi connectivity index (χ1n) is 6.42. The Bertz CT molecular complexity index is 474. The molecule has 0 atom stereocenters. The standard InChI is InChI=1S/C12H20N4O2S/c1-15(2)12(18)16-5-3-9(4-6-16)13-7-10-8-19-11(17)14-10/h8-9,13H,3-7H2,1-2H3,(H,14,17). The Hall–Kier alpha value is -1.34. The molecule has 2 N–H and O–H groups in total. The number of hydrogen-bond donors (Lipinski definition) is 2. The monoisotopic (exact) mass is 284 g/mol. The van der Waals surface area contributed by atoms with Crippen molar-refractivity contribution < 1.29 is 4.79 Å². The Balaban J connectivity index is 1.74. The molecule has 0 unspecified atom stereocenters. The largest absolute Gasteiger partial charge is 0.331 e. The van der Waals surface area contributed by atoms with Crippen LogP contribution in [0.25, 0.3) is 0 Å².